The van der Waals surface area contributed by atoms with Crippen molar-refractivity contribution >= 4 is 21.4 Å². The first-order valence-corrected chi connectivity index (χ1v) is 15.7. The molecule has 0 aliphatic carbocycles. The second-order valence-electron chi connectivity index (χ2n) is 11.1. The van der Waals surface area contributed by atoms with Crippen LogP contribution in [0.5, 0.6) is 23.0 Å². The molecular weight excluding hydrogens is 532 g/mol. The highest BCUT2D eigenvalue weighted by molar-refractivity contribution is 7.22. The molecule has 0 unspecified atom stereocenters. The Kier molecular flexibility index (Phi) is 8.94. The highest BCUT2D eigenvalue weighted by Gasteiger charge is 2.17. The van der Waals surface area contributed by atoms with Crippen LogP contribution in [0.4, 0.5) is 0 Å². The number of rotatable bonds is 12. The molecule has 3 aromatic carbocycles. The molecule has 2 saturated heterocycles. The molecule has 7 heteroatoms. The van der Waals surface area contributed by atoms with Crippen LogP contribution in [0.3, 0.4) is 0 Å². The first kappa shape index (κ1) is 27.9. The molecule has 0 radical (unpaired) electrons. The number of fused-ring (bicyclic) bond motifs is 1. The summed E-state index contributed by atoms with van der Waals surface area (Å²) in [7, 11) is 1.70. The van der Waals surface area contributed by atoms with Crippen LogP contribution in [0.15, 0.2) is 60.7 Å². The molecule has 0 bridgehead atoms. The van der Waals surface area contributed by atoms with Gasteiger partial charge in [-0.15, -0.1) is 11.3 Å². The van der Waals surface area contributed by atoms with Crippen molar-refractivity contribution in [3.05, 3.63) is 71.8 Å². The zero-order valence-electron chi connectivity index (χ0n) is 23.9. The summed E-state index contributed by atoms with van der Waals surface area (Å²) in [5, 5.41) is 11.3. The number of thiophene rings is 1. The van der Waals surface area contributed by atoms with Crippen LogP contribution in [0.2, 0.25) is 0 Å². The molecule has 2 aliphatic heterocycles. The number of ether oxygens (including phenoxy) is 3. The van der Waals surface area contributed by atoms with Gasteiger partial charge in [0, 0.05) is 22.7 Å². The maximum Gasteiger partial charge on any atom is 0.161 e. The van der Waals surface area contributed by atoms with Gasteiger partial charge < -0.3 is 19.3 Å². The molecule has 4 aromatic rings. The van der Waals surface area contributed by atoms with Crippen LogP contribution in [0.25, 0.3) is 20.5 Å². The van der Waals surface area contributed by atoms with E-state index in [1.54, 1.807) is 24.5 Å². The Morgan fingerprint density at radius 1 is 0.756 bits per heavy atom. The number of likely N-dealkylation sites (tertiary alicyclic amines) is 2. The number of methoxy groups -OCH3 is 1. The van der Waals surface area contributed by atoms with E-state index in [1.807, 2.05) is 18.2 Å². The van der Waals surface area contributed by atoms with Crippen molar-refractivity contribution in [1.82, 2.24) is 9.80 Å². The summed E-state index contributed by atoms with van der Waals surface area (Å²) in [6.45, 7) is 8.02. The minimum absolute atomic E-state index is 0.288. The second kappa shape index (κ2) is 13.1. The summed E-state index contributed by atoms with van der Waals surface area (Å²) in [5.41, 5.74) is 3.56. The number of benzene rings is 3. The van der Waals surface area contributed by atoms with Gasteiger partial charge in [0.15, 0.2) is 11.5 Å². The minimum Gasteiger partial charge on any atom is -0.508 e. The lowest BCUT2D eigenvalue weighted by Crippen LogP contribution is -2.25. The normalized spacial score (nSPS) is 16.0. The third-order valence-corrected chi connectivity index (χ3v) is 9.48. The fourth-order valence-electron chi connectivity index (χ4n) is 5.98. The monoisotopic (exact) mass is 572 g/mol. The molecule has 0 saturated carbocycles. The van der Waals surface area contributed by atoms with Gasteiger partial charge in [-0.05, 0) is 135 Å². The minimum atomic E-state index is 0.288. The maximum absolute atomic E-state index is 10.2. The number of hydrogen-bond donors (Lipinski definition) is 1. The zero-order chi connectivity index (χ0) is 28.0. The molecule has 1 aromatic heterocycles. The van der Waals surface area contributed by atoms with Gasteiger partial charge in [-0.2, -0.15) is 0 Å². The van der Waals surface area contributed by atoms with Gasteiger partial charge in [0.05, 0.1) is 7.11 Å². The van der Waals surface area contributed by atoms with Crippen molar-refractivity contribution < 1.29 is 19.3 Å². The van der Waals surface area contributed by atoms with Crippen LogP contribution in [-0.4, -0.2) is 74.5 Å². The van der Waals surface area contributed by atoms with Crippen molar-refractivity contribution in [1.29, 1.82) is 0 Å². The average molecular weight is 573 g/mol. The fraction of sp³-hybridized carbons (Fsp3) is 0.412. The van der Waals surface area contributed by atoms with Gasteiger partial charge in [-0.1, -0.05) is 6.07 Å². The van der Waals surface area contributed by atoms with E-state index in [2.05, 4.69) is 46.2 Å². The Bertz CT molecular complexity index is 1440. The van der Waals surface area contributed by atoms with Crippen LogP contribution in [-0.2, 0) is 6.42 Å². The molecule has 0 amide bonds. The molecule has 2 fully saturated rings. The fourth-order valence-corrected chi connectivity index (χ4v) is 7.24. The van der Waals surface area contributed by atoms with Gasteiger partial charge in [0.25, 0.3) is 0 Å². The van der Waals surface area contributed by atoms with Crippen LogP contribution in [0, 0.1) is 0 Å². The third-order valence-electron chi connectivity index (χ3n) is 8.24. The third kappa shape index (κ3) is 6.80. The zero-order valence-corrected chi connectivity index (χ0v) is 24.8. The molecule has 1 N–H and O–H groups in total. The number of aromatic hydroxyl groups is 1. The van der Waals surface area contributed by atoms with Gasteiger partial charge in [0.2, 0.25) is 0 Å². The smallest absolute Gasteiger partial charge is 0.161 e. The lowest BCUT2D eigenvalue weighted by atomic mass is 9.98. The Balaban J connectivity index is 1.19. The van der Waals surface area contributed by atoms with Crippen molar-refractivity contribution in [2.24, 2.45) is 0 Å². The summed E-state index contributed by atoms with van der Waals surface area (Å²) >= 11 is 1.72. The topological polar surface area (TPSA) is 54.4 Å². The van der Waals surface area contributed by atoms with Crippen molar-refractivity contribution in [3.63, 3.8) is 0 Å². The summed E-state index contributed by atoms with van der Waals surface area (Å²) in [5.74, 6) is 2.74. The first-order chi connectivity index (χ1) is 20.2. The molecule has 0 spiro atoms. The molecule has 3 heterocycles. The van der Waals surface area contributed by atoms with Crippen molar-refractivity contribution in [2.45, 2.75) is 32.1 Å². The van der Waals surface area contributed by atoms with E-state index in [4.69, 9.17) is 14.2 Å². The van der Waals surface area contributed by atoms with E-state index < -0.39 is 0 Å². The molecule has 2 aliphatic rings. The number of phenols is 1. The van der Waals surface area contributed by atoms with Gasteiger partial charge >= 0.3 is 0 Å². The number of hydrogen-bond acceptors (Lipinski definition) is 7. The predicted octanol–water partition coefficient (Wildman–Crippen LogP) is 6.82. The van der Waals surface area contributed by atoms with Gasteiger partial charge in [-0.3, -0.25) is 9.80 Å². The second-order valence-corrected chi connectivity index (χ2v) is 12.1. The quantitative estimate of drug-likeness (QED) is 0.201. The van der Waals surface area contributed by atoms with E-state index in [0.717, 1.165) is 52.6 Å². The largest absolute Gasteiger partial charge is 0.508 e. The molecular formula is C34H40N2O4S. The van der Waals surface area contributed by atoms with Crippen molar-refractivity contribution in [2.75, 3.05) is 59.6 Å². The van der Waals surface area contributed by atoms with Crippen LogP contribution >= 0.6 is 11.3 Å². The molecule has 0 atom stereocenters. The molecule has 6 rings (SSSR count). The van der Waals surface area contributed by atoms with Crippen LogP contribution < -0.4 is 14.2 Å². The summed E-state index contributed by atoms with van der Waals surface area (Å²) in [6.07, 6.45) is 5.92. The Hall–Kier alpha value is -3.26. The van der Waals surface area contributed by atoms with E-state index in [-0.39, 0.29) is 5.75 Å². The van der Waals surface area contributed by atoms with E-state index >= 15 is 0 Å². The predicted molar refractivity (Wildman–Crippen MR) is 167 cm³/mol. The first-order valence-electron chi connectivity index (χ1n) is 14.9. The maximum atomic E-state index is 10.2. The molecule has 6 nitrogen and oxygen atoms in total. The van der Waals surface area contributed by atoms with E-state index in [1.165, 1.54) is 67.7 Å². The standard InChI is InChI=1S/C34H40N2O4S/c1-38-32-23-25(6-13-31(32)40-21-19-36-16-4-5-17-36)22-30-29-12-9-27(37)24-33(29)41-34(30)26-7-10-28(11-8-26)39-20-18-35-14-2-3-15-35/h6-13,23-24,37H,2-5,14-22H2,1H3. The Morgan fingerprint density at radius 2 is 1.44 bits per heavy atom. The highest BCUT2D eigenvalue weighted by atomic mass is 32.1. The Morgan fingerprint density at radius 3 is 2.12 bits per heavy atom. The summed E-state index contributed by atoms with van der Waals surface area (Å²) in [4.78, 5) is 6.13. The van der Waals surface area contributed by atoms with Gasteiger partial charge in [-0.25, -0.2) is 0 Å². The van der Waals surface area contributed by atoms with E-state index in [0.29, 0.717) is 13.2 Å². The lowest BCUT2D eigenvalue weighted by Gasteiger charge is -2.17. The molecule has 41 heavy (non-hydrogen) atoms. The van der Waals surface area contributed by atoms with Crippen LogP contribution in [0.1, 0.15) is 36.8 Å². The Labute approximate surface area is 247 Å². The number of nitrogens with zero attached hydrogens (tertiary/aromatic N) is 2. The number of phenolic OH excluding ortho intramolecular Hbond substituents is 1. The SMILES string of the molecule is COc1cc(Cc2c(-c3ccc(OCCN4CCCC4)cc3)sc3cc(O)ccc23)ccc1OCCN1CCCC1. The van der Waals surface area contributed by atoms with Crippen molar-refractivity contribution in [3.8, 4) is 33.4 Å². The summed E-state index contributed by atoms with van der Waals surface area (Å²) in [6, 6.07) is 20.4. The highest BCUT2D eigenvalue weighted by Crippen LogP contribution is 2.42. The van der Waals surface area contributed by atoms with Gasteiger partial charge in [0.1, 0.15) is 24.7 Å². The van der Waals surface area contributed by atoms with E-state index in [9.17, 15) is 5.11 Å². The summed E-state index contributed by atoms with van der Waals surface area (Å²) < 4.78 is 19.0. The average Bonchev–Trinajstić information content (AvgIpc) is 3.77. The lowest BCUT2D eigenvalue weighted by molar-refractivity contribution is 0.230. The molecule has 216 valence electrons.